The average molecular weight is 433 g/mol. The molecule has 2 aliphatic heterocycles. The molecule has 1 amide bonds. The van der Waals surface area contributed by atoms with Crippen molar-refractivity contribution in [3.05, 3.63) is 47.7 Å². The molecule has 31 heavy (non-hydrogen) atoms. The smallest absolute Gasteiger partial charge is 0.283 e. The lowest BCUT2D eigenvalue weighted by atomic mass is 9.74. The number of carbonyl (C=O) groups excluding carboxylic acids is 1. The van der Waals surface area contributed by atoms with Crippen molar-refractivity contribution in [2.24, 2.45) is 16.6 Å². The van der Waals surface area contributed by atoms with Crippen molar-refractivity contribution in [3.63, 3.8) is 0 Å². The highest BCUT2D eigenvalue weighted by molar-refractivity contribution is 6.02. The maximum Gasteiger partial charge on any atom is 0.283 e. The van der Waals surface area contributed by atoms with Crippen molar-refractivity contribution in [1.29, 1.82) is 0 Å². The van der Waals surface area contributed by atoms with Crippen LogP contribution in [0.5, 0.6) is 5.88 Å². The first-order valence-corrected chi connectivity index (χ1v) is 9.60. The number of rotatable bonds is 5. The van der Waals surface area contributed by atoms with Crippen LogP contribution in [-0.4, -0.2) is 55.0 Å². The number of anilines is 1. The monoisotopic (exact) mass is 433 g/mol. The van der Waals surface area contributed by atoms with Crippen LogP contribution in [0.3, 0.4) is 0 Å². The van der Waals surface area contributed by atoms with Gasteiger partial charge in [0, 0.05) is 17.7 Å². The van der Waals surface area contributed by atoms with E-state index in [4.69, 9.17) is 19.9 Å². The molecule has 3 atom stereocenters. The standard InChI is InChI=1S/C20H21F2N5O4/c1-29-17-8-24-15(7-25-17)18(28)26-11-2-3-14(22)12(6-11)20(10-21)13-9-30-5-4-16(13)31-19(23)27-20/h2-3,6-8,13,16H,4-5,9-10H2,1H3,(H2,23,27)(H,26,28)/t13-,16+,20+/m0/s1. The van der Waals surface area contributed by atoms with E-state index in [9.17, 15) is 13.6 Å². The third kappa shape index (κ3) is 3.88. The van der Waals surface area contributed by atoms with Gasteiger partial charge >= 0.3 is 0 Å². The number of amidine groups is 1. The van der Waals surface area contributed by atoms with Gasteiger partial charge in [-0.3, -0.25) is 4.79 Å². The van der Waals surface area contributed by atoms with Gasteiger partial charge in [0.1, 0.15) is 29.8 Å². The number of aliphatic imine (C=N–C) groups is 1. The highest BCUT2D eigenvalue weighted by atomic mass is 19.1. The van der Waals surface area contributed by atoms with Crippen LogP contribution in [0.1, 0.15) is 22.5 Å². The Morgan fingerprint density at radius 1 is 1.39 bits per heavy atom. The lowest BCUT2D eigenvalue weighted by Crippen LogP contribution is -2.54. The predicted octanol–water partition coefficient (Wildman–Crippen LogP) is 1.79. The first-order valence-electron chi connectivity index (χ1n) is 9.60. The second-order valence-electron chi connectivity index (χ2n) is 7.23. The van der Waals surface area contributed by atoms with E-state index >= 15 is 0 Å². The first kappa shape index (κ1) is 20.9. The van der Waals surface area contributed by atoms with Crippen LogP contribution in [0.2, 0.25) is 0 Å². The predicted molar refractivity (Wildman–Crippen MR) is 106 cm³/mol. The molecule has 3 heterocycles. The van der Waals surface area contributed by atoms with Gasteiger partial charge in [0.2, 0.25) is 5.88 Å². The van der Waals surface area contributed by atoms with Crippen LogP contribution < -0.4 is 15.8 Å². The Labute approximate surface area is 176 Å². The minimum absolute atomic E-state index is 0.0287. The number of benzene rings is 1. The number of ether oxygens (including phenoxy) is 3. The van der Waals surface area contributed by atoms with Gasteiger partial charge in [0.25, 0.3) is 11.9 Å². The van der Waals surface area contributed by atoms with Gasteiger partial charge in [-0.25, -0.2) is 23.7 Å². The molecule has 1 aromatic carbocycles. The van der Waals surface area contributed by atoms with Gasteiger partial charge in [0.15, 0.2) is 0 Å². The van der Waals surface area contributed by atoms with E-state index in [2.05, 4.69) is 20.3 Å². The second kappa shape index (κ2) is 8.42. The van der Waals surface area contributed by atoms with Gasteiger partial charge in [-0.1, -0.05) is 0 Å². The van der Waals surface area contributed by atoms with Crippen molar-refractivity contribution in [2.45, 2.75) is 18.1 Å². The van der Waals surface area contributed by atoms with Gasteiger partial charge in [-0.15, -0.1) is 0 Å². The van der Waals surface area contributed by atoms with Gasteiger partial charge in [-0.2, -0.15) is 0 Å². The van der Waals surface area contributed by atoms with E-state index in [0.29, 0.717) is 13.0 Å². The fraction of sp³-hybridized carbons (Fsp3) is 0.400. The minimum Gasteiger partial charge on any atom is -0.480 e. The zero-order valence-corrected chi connectivity index (χ0v) is 16.7. The summed E-state index contributed by atoms with van der Waals surface area (Å²) in [7, 11) is 1.43. The van der Waals surface area contributed by atoms with Gasteiger partial charge in [0.05, 0.1) is 38.6 Å². The molecule has 2 aromatic rings. The summed E-state index contributed by atoms with van der Waals surface area (Å²) in [6.45, 7) is -0.443. The number of hydrogen-bond acceptors (Lipinski definition) is 8. The van der Waals surface area contributed by atoms with Crippen LogP contribution >= 0.6 is 0 Å². The molecule has 4 rings (SSSR count). The lowest BCUT2D eigenvalue weighted by molar-refractivity contribution is -0.0785. The van der Waals surface area contributed by atoms with E-state index in [1.165, 1.54) is 31.6 Å². The molecule has 164 valence electrons. The molecule has 3 N–H and O–H groups in total. The zero-order valence-electron chi connectivity index (χ0n) is 16.7. The van der Waals surface area contributed by atoms with E-state index < -0.39 is 36.0 Å². The van der Waals surface area contributed by atoms with Crippen molar-refractivity contribution in [3.8, 4) is 5.88 Å². The largest absolute Gasteiger partial charge is 0.480 e. The number of fused-ring (bicyclic) bond motifs is 1. The Bertz CT molecular complexity index is 1000. The Morgan fingerprint density at radius 3 is 2.94 bits per heavy atom. The summed E-state index contributed by atoms with van der Waals surface area (Å²) in [5.74, 6) is -1.57. The summed E-state index contributed by atoms with van der Waals surface area (Å²) in [6, 6.07) is 3.64. The molecule has 11 heteroatoms. The number of nitrogens with zero attached hydrogens (tertiary/aromatic N) is 3. The lowest BCUT2D eigenvalue weighted by Gasteiger charge is -2.45. The Morgan fingerprint density at radius 2 is 2.23 bits per heavy atom. The first-order chi connectivity index (χ1) is 15.0. The maximum absolute atomic E-state index is 14.9. The normalized spacial score (nSPS) is 25.1. The summed E-state index contributed by atoms with van der Waals surface area (Å²) in [4.78, 5) is 24.6. The number of hydrogen-bond donors (Lipinski definition) is 2. The Kier molecular flexibility index (Phi) is 5.68. The van der Waals surface area contributed by atoms with Crippen LogP contribution in [-0.2, 0) is 15.0 Å². The van der Waals surface area contributed by atoms with Crippen molar-refractivity contribution < 1.29 is 27.8 Å². The van der Waals surface area contributed by atoms with E-state index in [1.54, 1.807) is 0 Å². The number of amides is 1. The van der Waals surface area contributed by atoms with E-state index in [1.807, 2.05) is 0 Å². The number of nitrogens with one attached hydrogen (secondary N) is 1. The van der Waals surface area contributed by atoms with Gasteiger partial charge < -0.3 is 25.3 Å². The fourth-order valence-corrected chi connectivity index (χ4v) is 3.90. The molecule has 0 spiro atoms. The fourth-order valence-electron chi connectivity index (χ4n) is 3.90. The molecule has 0 bridgehead atoms. The molecular formula is C20H21F2N5O4. The highest BCUT2D eigenvalue weighted by Crippen LogP contribution is 2.44. The zero-order chi connectivity index (χ0) is 22.0. The van der Waals surface area contributed by atoms with Gasteiger partial charge in [-0.05, 0) is 18.2 Å². The molecule has 0 saturated carbocycles. The molecular weight excluding hydrogens is 412 g/mol. The van der Waals surface area contributed by atoms with Crippen LogP contribution in [0, 0.1) is 11.7 Å². The Hall–Kier alpha value is -3.34. The number of halogens is 2. The van der Waals surface area contributed by atoms with Crippen molar-refractivity contribution in [1.82, 2.24) is 9.97 Å². The van der Waals surface area contributed by atoms with E-state index in [-0.39, 0.29) is 35.5 Å². The number of alkyl halides is 1. The molecule has 2 aliphatic rings. The van der Waals surface area contributed by atoms with Crippen LogP contribution in [0.15, 0.2) is 35.6 Å². The van der Waals surface area contributed by atoms with Crippen molar-refractivity contribution >= 4 is 17.6 Å². The topological polar surface area (TPSA) is 121 Å². The van der Waals surface area contributed by atoms with Crippen LogP contribution in [0.25, 0.3) is 0 Å². The molecule has 0 aliphatic carbocycles. The number of methoxy groups -OCH3 is 1. The molecule has 0 unspecified atom stereocenters. The van der Waals surface area contributed by atoms with E-state index in [0.717, 1.165) is 6.07 Å². The summed E-state index contributed by atoms with van der Waals surface area (Å²) >= 11 is 0. The second-order valence-corrected chi connectivity index (χ2v) is 7.23. The highest BCUT2D eigenvalue weighted by Gasteiger charge is 2.52. The molecule has 1 fully saturated rings. The SMILES string of the molecule is COc1cnc(C(=O)Nc2ccc(F)c([C@@]3(CF)N=C(N)O[C@@H]4CCOC[C@@H]43)c2)cn1. The third-order valence-electron chi connectivity index (χ3n) is 5.45. The number of nitrogens with two attached hydrogens (primary N) is 1. The third-order valence-corrected chi connectivity index (χ3v) is 5.45. The molecule has 0 radical (unpaired) electrons. The Balaban J connectivity index is 1.67. The summed E-state index contributed by atoms with van der Waals surface area (Å²) < 4.78 is 45.4. The average Bonchev–Trinajstić information content (AvgIpc) is 2.79. The molecule has 1 saturated heterocycles. The quantitative estimate of drug-likeness (QED) is 0.737. The summed E-state index contributed by atoms with van der Waals surface area (Å²) in [5.41, 5.74) is 4.40. The van der Waals surface area contributed by atoms with Crippen LogP contribution in [0.4, 0.5) is 14.5 Å². The van der Waals surface area contributed by atoms with Crippen molar-refractivity contribution in [2.75, 3.05) is 32.3 Å². The summed E-state index contributed by atoms with van der Waals surface area (Å²) in [6.07, 6.45) is 2.58. The molecule has 1 aromatic heterocycles. The number of aromatic nitrogens is 2. The molecule has 9 nitrogen and oxygen atoms in total. The minimum atomic E-state index is -1.63. The summed E-state index contributed by atoms with van der Waals surface area (Å²) in [5, 5.41) is 2.61. The maximum atomic E-state index is 14.9. The number of carbonyl (C=O) groups is 1.